The molecule has 0 unspecified atom stereocenters. The highest BCUT2D eigenvalue weighted by Crippen LogP contribution is 2.33. The van der Waals surface area contributed by atoms with Crippen LogP contribution in [-0.4, -0.2) is 46.3 Å². The van der Waals surface area contributed by atoms with Crippen LogP contribution in [0.25, 0.3) is 0 Å². The molecular formula is C19H24N4O3. The number of hydrogen-bond donors (Lipinski definition) is 0. The Labute approximate surface area is 153 Å². The second-order valence-electron chi connectivity index (χ2n) is 7.47. The van der Waals surface area contributed by atoms with Crippen molar-refractivity contribution in [3.05, 3.63) is 38.9 Å². The van der Waals surface area contributed by atoms with E-state index >= 15 is 0 Å². The van der Waals surface area contributed by atoms with Crippen LogP contribution < -0.4 is 0 Å². The largest absolute Gasteiger partial charge is 0.337 e. The number of benzene rings is 1. The van der Waals surface area contributed by atoms with Gasteiger partial charge < -0.3 is 4.90 Å². The summed E-state index contributed by atoms with van der Waals surface area (Å²) < 4.78 is 0. The lowest BCUT2D eigenvalue weighted by atomic mass is 10.0. The number of piperazine rings is 1. The highest BCUT2D eigenvalue weighted by atomic mass is 16.6. The monoisotopic (exact) mass is 356 g/mol. The van der Waals surface area contributed by atoms with Crippen molar-refractivity contribution >= 4 is 11.6 Å². The highest BCUT2D eigenvalue weighted by molar-refractivity contribution is 5.77. The van der Waals surface area contributed by atoms with Gasteiger partial charge in [-0.15, -0.1) is 0 Å². The summed E-state index contributed by atoms with van der Waals surface area (Å²) >= 11 is 0. The van der Waals surface area contributed by atoms with Gasteiger partial charge in [0, 0.05) is 50.3 Å². The van der Waals surface area contributed by atoms with Gasteiger partial charge in [0.2, 0.25) is 5.91 Å². The molecule has 7 nitrogen and oxygen atoms in total. The number of nitriles is 1. The number of amides is 1. The molecule has 1 amide bonds. The van der Waals surface area contributed by atoms with Crippen molar-refractivity contribution in [1.82, 2.24) is 9.80 Å². The van der Waals surface area contributed by atoms with Gasteiger partial charge in [0.25, 0.3) is 5.69 Å². The van der Waals surface area contributed by atoms with Gasteiger partial charge in [-0.3, -0.25) is 19.8 Å². The van der Waals surface area contributed by atoms with Crippen molar-refractivity contribution in [2.45, 2.75) is 45.7 Å². The van der Waals surface area contributed by atoms with Gasteiger partial charge in [-0.25, -0.2) is 0 Å². The number of carbonyl (C=O) groups is 1. The van der Waals surface area contributed by atoms with E-state index in [4.69, 9.17) is 5.26 Å². The van der Waals surface area contributed by atoms with E-state index in [0.29, 0.717) is 36.6 Å². The van der Waals surface area contributed by atoms with Crippen molar-refractivity contribution in [1.29, 1.82) is 5.26 Å². The standard InChI is InChI=1S/C19H24N4O3/c1-13-11-21(5-6-22(13)19(24)9-15-3-4-15)12-17-7-16(10-20)8-18(14(17)2)23(25)26/h7-8,13,15H,3-6,9,11-12H2,1-2H3/t13-/m0/s1. The summed E-state index contributed by atoms with van der Waals surface area (Å²) in [4.78, 5) is 27.4. The van der Waals surface area contributed by atoms with E-state index in [1.165, 1.54) is 18.9 Å². The van der Waals surface area contributed by atoms with Crippen molar-refractivity contribution in [2.75, 3.05) is 19.6 Å². The fourth-order valence-electron chi connectivity index (χ4n) is 3.65. The van der Waals surface area contributed by atoms with Gasteiger partial charge >= 0.3 is 0 Å². The quantitative estimate of drug-likeness (QED) is 0.597. The zero-order valence-corrected chi connectivity index (χ0v) is 15.3. The average Bonchev–Trinajstić information content (AvgIpc) is 3.40. The molecule has 138 valence electrons. The minimum absolute atomic E-state index is 0.00894. The molecule has 7 heteroatoms. The second-order valence-corrected chi connectivity index (χ2v) is 7.47. The summed E-state index contributed by atoms with van der Waals surface area (Å²) in [5.74, 6) is 0.836. The first kappa shape index (κ1) is 18.3. The minimum Gasteiger partial charge on any atom is -0.337 e. The Morgan fingerprint density at radius 1 is 1.38 bits per heavy atom. The van der Waals surface area contributed by atoms with Gasteiger partial charge in [0.1, 0.15) is 0 Å². The third-order valence-corrected chi connectivity index (χ3v) is 5.40. The predicted octanol–water partition coefficient (Wildman–Crippen LogP) is 2.61. The normalized spacial score (nSPS) is 20.7. The first-order chi connectivity index (χ1) is 12.4. The van der Waals surface area contributed by atoms with Crippen molar-refractivity contribution in [3.8, 4) is 6.07 Å². The molecule has 1 heterocycles. The zero-order chi connectivity index (χ0) is 18.8. The molecule has 2 aliphatic rings. The van der Waals surface area contributed by atoms with Crippen LogP contribution in [0.3, 0.4) is 0 Å². The molecule has 0 spiro atoms. The van der Waals surface area contributed by atoms with Crippen molar-refractivity contribution in [2.24, 2.45) is 5.92 Å². The lowest BCUT2D eigenvalue weighted by Crippen LogP contribution is -2.53. The van der Waals surface area contributed by atoms with Crippen LogP contribution in [0.2, 0.25) is 0 Å². The van der Waals surface area contributed by atoms with Gasteiger partial charge in [-0.1, -0.05) is 0 Å². The molecule has 1 aliphatic carbocycles. The molecule has 2 fully saturated rings. The molecule has 0 aromatic heterocycles. The molecule has 1 saturated carbocycles. The summed E-state index contributed by atoms with van der Waals surface area (Å²) in [6.45, 7) is 6.50. The second kappa shape index (κ2) is 7.42. The number of nitro groups is 1. The highest BCUT2D eigenvalue weighted by Gasteiger charge is 2.32. The van der Waals surface area contributed by atoms with Gasteiger partial charge in [-0.2, -0.15) is 5.26 Å². The van der Waals surface area contributed by atoms with E-state index < -0.39 is 4.92 Å². The SMILES string of the molecule is Cc1c(CN2CCN(C(=O)CC3CC3)[C@@H](C)C2)cc(C#N)cc1[N+](=O)[O-]. The maximum atomic E-state index is 12.4. The van der Waals surface area contributed by atoms with E-state index in [9.17, 15) is 14.9 Å². The Hall–Kier alpha value is -2.46. The molecule has 26 heavy (non-hydrogen) atoms. The number of nitro benzene ring substituents is 1. The summed E-state index contributed by atoms with van der Waals surface area (Å²) in [6.07, 6.45) is 3.01. The molecule has 1 aromatic rings. The number of rotatable bonds is 5. The van der Waals surface area contributed by atoms with Crippen LogP contribution in [0.5, 0.6) is 0 Å². The molecule has 0 bridgehead atoms. The van der Waals surface area contributed by atoms with Crippen LogP contribution >= 0.6 is 0 Å². The van der Waals surface area contributed by atoms with E-state index in [1.54, 1.807) is 13.0 Å². The Morgan fingerprint density at radius 2 is 2.12 bits per heavy atom. The van der Waals surface area contributed by atoms with Crippen LogP contribution in [-0.2, 0) is 11.3 Å². The molecule has 0 radical (unpaired) electrons. The maximum Gasteiger partial charge on any atom is 0.273 e. The maximum absolute atomic E-state index is 12.4. The van der Waals surface area contributed by atoms with E-state index in [-0.39, 0.29) is 17.6 Å². The smallest absolute Gasteiger partial charge is 0.273 e. The Kier molecular flexibility index (Phi) is 5.23. The fourth-order valence-corrected chi connectivity index (χ4v) is 3.65. The zero-order valence-electron chi connectivity index (χ0n) is 15.3. The molecule has 3 rings (SSSR count). The molecule has 1 saturated heterocycles. The number of hydrogen-bond acceptors (Lipinski definition) is 5. The topological polar surface area (TPSA) is 90.5 Å². The van der Waals surface area contributed by atoms with E-state index in [1.807, 2.05) is 11.0 Å². The molecule has 0 N–H and O–H groups in total. The van der Waals surface area contributed by atoms with Crippen LogP contribution in [0.15, 0.2) is 12.1 Å². The van der Waals surface area contributed by atoms with Crippen molar-refractivity contribution in [3.63, 3.8) is 0 Å². The predicted molar refractivity (Wildman–Crippen MR) is 96.3 cm³/mol. The Bertz CT molecular complexity index is 767. The Morgan fingerprint density at radius 3 is 2.69 bits per heavy atom. The third kappa shape index (κ3) is 4.02. The molecule has 1 atom stereocenters. The van der Waals surface area contributed by atoms with E-state index in [2.05, 4.69) is 11.8 Å². The van der Waals surface area contributed by atoms with E-state index in [0.717, 1.165) is 18.7 Å². The van der Waals surface area contributed by atoms with Gasteiger partial charge in [0.05, 0.1) is 16.6 Å². The summed E-state index contributed by atoms with van der Waals surface area (Å²) in [7, 11) is 0. The lowest BCUT2D eigenvalue weighted by Gasteiger charge is -2.40. The summed E-state index contributed by atoms with van der Waals surface area (Å²) in [5.41, 5.74) is 1.71. The van der Waals surface area contributed by atoms with Crippen LogP contribution in [0.4, 0.5) is 5.69 Å². The lowest BCUT2D eigenvalue weighted by molar-refractivity contribution is -0.385. The van der Waals surface area contributed by atoms with Crippen molar-refractivity contribution < 1.29 is 9.72 Å². The third-order valence-electron chi connectivity index (χ3n) is 5.40. The first-order valence-corrected chi connectivity index (χ1v) is 9.09. The first-order valence-electron chi connectivity index (χ1n) is 9.09. The molecule has 1 aromatic carbocycles. The molecular weight excluding hydrogens is 332 g/mol. The summed E-state index contributed by atoms with van der Waals surface area (Å²) in [6, 6.07) is 5.20. The van der Waals surface area contributed by atoms with Crippen LogP contribution in [0.1, 0.15) is 42.9 Å². The number of nitrogens with zero attached hydrogens (tertiary/aromatic N) is 4. The number of carbonyl (C=O) groups excluding carboxylic acids is 1. The fraction of sp³-hybridized carbons (Fsp3) is 0.579. The average molecular weight is 356 g/mol. The molecule has 1 aliphatic heterocycles. The van der Waals surface area contributed by atoms with Gasteiger partial charge in [-0.05, 0) is 44.2 Å². The summed E-state index contributed by atoms with van der Waals surface area (Å²) in [5, 5.41) is 20.4. The minimum atomic E-state index is -0.434. The van der Waals surface area contributed by atoms with Crippen LogP contribution in [0, 0.1) is 34.3 Å². The van der Waals surface area contributed by atoms with Gasteiger partial charge in [0.15, 0.2) is 0 Å². The Balaban J connectivity index is 1.68.